The molecule has 5 atom stereocenters. The molecule has 4 heteroatoms. The Balaban J connectivity index is 1.97. The summed E-state index contributed by atoms with van der Waals surface area (Å²) in [7, 11) is 1.93. The molecule has 18 heavy (non-hydrogen) atoms. The molecular weight excluding hydrogens is 228 g/mol. The quantitative estimate of drug-likeness (QED) is 0.810. The van der Waals surface area contributed by atoms with E-state index in [0.717, 1.165) is 32.3 Å². The SMILES string of the molecule is CC1CC(N)CCC1C(=O)N(C)C1CCOC1C. The van der Waals surface area contributed by atoms with E-state index in [1.165, 1.54) is 0 Å². The Bertz CT molecular complexity index is 308. The zero-order chi connectivity index (χ0) is 13.3. The van der Waals surface area contributed by atoms with E-state index in [2.05, 4.69) is 13.8 Å². The van der Waals surface area contributed by atoms with Crippen LogP contribution in [0.25, 0.3) is 0 Å². The van der Waals surface area contributed by atoms with Crippen LogP contribution in [0.4, 0.5) is 0 Å². The number of amides is 1. The van der Waals surface area contributed by atoms with Gasteiger partial charge in [-0.1, -0.05) is 6.92 Å². The second-order valence-electron chi connectivity index (χ2n) is 6.04. The summed E-state index contributed by atoms with van der Waals surface area (Å²) in [6, 6.07) is 0.531. The molecular formula is C14H26N2O2. The van der Waals surface area contributed by atoms with Crippen LogP contribution in [0.3, 0.4) is 0 Å². The highest BCUT2D eigenvalue weighted by atomic mass is 16.5. The molecule has 0 aromatic rings. The molecule has 0 spiro atoms. The second-order valence-corrected chi connectivity index (χ2v) is 6.04. The van der Waals surface area contributed by atoms with Gasteiger partial charge in [-0.15, -0.1) is 0 Å². The Morgan fingerprint density at radius 3 is 2.56 bits per heavy atom. The van der Waals surface area contributed by atoms with Gasteiger partial charge in [0.1, 0.15) is 0 Å². The molecule has 1 amide bonds. The third kappa shape index (κ3) is 2.69. The minimum Gasteiger partial charge on any atom is -0.376 e. The first-order valence-corrected chi connectivity index (χ1v) is 7.14. The van der Waals surface area contributed by atoms with Gasteiger partial charge in [-0.2, -0.15) is 0 Å². The predicted molar refractivity (Wildman–Crippen MR) is 71.1 cm³/mol. The molecule has 0 bridgehead atoms. The number of nitrogens with two attached hydrogens (primary N) is 1. The lowest BCUT2D eigenvalue weighted by molar-refractivity contribution is -0.140. The Kier molecular flexibility index (Phi) is 4.28. The van der Waals surface area contributed by atoms with Crippen LogP contribution in [0.2, 0.25) is 0 Å². The fraction of sp³-hybridized carbons (Fsp3) is 0.929. The van der Waals surface area contributed by atoms with E-state index in [9.17, 15) is 4.79 Å². The number of carbonyl (C=O) groups is 1. The lowest BCUT2D eigenvalue weighted by Gasteiger charge is -2.36. The third-order valence-corrected chi connectivity index (χ3v) is 4.71. The van der Waals surface area contributed by atoms with E-state index in [1.807, 2.05) is 11.9 Å². The first kappa shape index (κ1) is 13.8. The van der Waals surface area contributed by atoms with Crippen molar-refractivity contribution >= 4 is 5.91 Å². The van der Waals surface area contributed by atoms with Gasteiger partial charge in [-0.25, -0.2) is 0 Å². The van der Waals surface area contributed by atoms with Crippen LogP contribution in [0.5, 0.6) is 0 Å². The summed E-state index contributed by atoms with van der Waals surface area (Å²) < 4.78 is 5.55. The first-order valence-electron chi connectivity index (χ1n) is 7.14. The molecule has 1 aliphatic carbocycles. The van der Waals surface area contributed by atoms with Crippen LogP contribution >= 0.6 is 0 Å². The minimum atomic E-state index is 0.155. The number of carbonyl (C=O) groups excluding carboxylic acids is 1. The molecule has 2 aliphatic rings. The molecule has 5 unspecified atom stereocenters. The van der Waals surface area contributed by atoms with E-state index in [-0.39, 0.29) is 30.0 Å². The Hall–Kier alpha value is -0.610. The fourth-order valence-corrected chi connectivity index (χ4v) is 3.46. The molecule has 0 radical (unpaired) electrons. The molecule has 2 rings (SSSR count). The van der Waals surface area contributed by atoms with Crippen LogP contribution in [-0.2, 0) is 9.53 Å². The Morgan fingerprint density at radius 2 is 2.00 bits per heavy atom. The minimum absolute atomic E-state index is 0.155. The number of nitrogens with zero attached hydrogens (tertiary/aromatic N) is 1. The molecule has 1 saturated carbocycles. The average molecular weight is 254 g/mol. The maximum atomic E-state index is 12.6. The lowest BCUT2D eigenvalue weighted by atomic mass is 9.77. The van der Waals surface area contributed by atoms with Crippen molar-refractivity contribution in [3.63, 3.8) is 0 Å². The van der Waals surface area contributed by atoms with Crippen molar-refractivity contribution in [1.82, 2.24) is 4.90 Å². The molecule has 104 valence electrons. The van der Waals surface area contributed by atoms with Gasteiger partial charge < -0.3 is 15.4 Å². The molecule has 4 nitrogen and oxygen atoms in total. The molecule has 1 aliphatic heterocycles. The average Bonchev–Trinajstić information content (AvgIpc) is 2.74. The fourth-order valence-electron chi connectivity index (χ4n) is 3.46. The van der Waals surface area contributed by atoms with E-state index in [0.29, 0.717) is 5.92 Å². The largest absolute Gasteiger partial charge is 0.376 e. The molecule has 0 aromatic heterocycles. The van der Waals surface area contributed by atoms with E-state index in [4.69, 9.17) is 10.5 Å². The number of rotatable bonds is 2. The second kappa shape index (κ2) is 5.57. The monoisotopic (exact) mass is 254 g/mol. The number of ether oxygens (including phenoxy) is 1. The summed E-state index contributed by atoms with van der Waals surface area (Å²) in [5.74, 6) is 0.848. The van der Waals surface area contributed by atoms with Crippen molar-refractivity contribution in [3.8, 4) is 0 Å². The predicted octanol–water partition coefficient (Wildman–Crippen LogP) is 1.39. The van der Waals surface area contributed by atoms with E-state index in [1.54, 1.807) is 0 Å². The third-order valence-electron chi connectivity index (χ3n) is 4.71. The molecule has 2 N–H and O–H groups in total. The van der Waals surface area contributed by atoms with Crippen molar-refractivity contribution in [2.24, 2.45) is 17.6 Å². The highest BCUT2D eigenvalue weighted by Gasteiger charge is 2.37. The van der Waals surface area contributed by atoms with E-state index >= 15 is 0 Å². The number of likely N-dealkylation sites (N-methyl/N-ethyl adjacent to an activating group) is 1. The first-order chi connectivity index (χ1) is 8.50. The van der Waals surface area contributed by atoms with Crippen molar-refractivity contribution in [1.29, 1.82) is 0 Å². The van der Waals surface area contributed by atoms with Crippen molar-refractivity contribution in [2.75, 3.05) is 13.7 Å². The summed E-state index contributed by atoms with van der Waals surface area (Å²) in [6.07, 6.45) is 4.02. The smallest absolute Gasteiger partial charge is 0.226 e. The van der Waals surface area contributed by atoms with Crippen molar-refractivity contribution in [2.45, 2.75) is 57.7 Å². The zero-order valence-electron chi connectivity index (χ0n) is 11.8. The van der Waals surface area contributed by atoms with Gasteiger partial charge in [0.05, 0.1) is 12.1 Å². The maximum absolute atomic E-state index is 12.6. The van der Waals surface area contributed by atoms with Crippen molar-refractivity contribution < 1.29 is 9.53 Å². The van der Waals surface area contributed by atoms with Gasteiger partial charge in [0, 0.05) is 25.6 Å². The van der Waals surface area contributed by atoms with Crippen LogP contribution in [0.1, 0.15) is 39.5 Å². The summed E-state index contributed by atoms with van der Waals surface area (Å²) in [6.45, 7) is 4.99. The highest BCUT2D eigenvalue weighted by Crippen LogP contribution is 2.31. The lowest BCUT2D eigenvalue weighted by Crippen LogP contribution is -2.47. The summed E-state index contributed by atoms with van der Waals surface area (Å²) >= 11 is 0. The number of hydrogen-bond acceptors (Lipinski definition) is 3. The van der Waals surface area contributed by atoms with Crippen LogP contribution in [0, 0.1) is 11.8 Å². The molecule has 2 fully saturated rings. The van der Waals surface area contributed by atoms with Crippen LogP contribution in [-0.4, -0.2) is 42.6 Å². The van der Waals surface area contributed by atoms with E-state index < -0.39 is 0 Å². The van der Waals surface area contributed by atoms with Gasteiger partial charge in [0.15, 0.2) is 0 Å². The molecule has 0 aromatic carbocycles. The van der Waals surface area contributed by atoms with Gasteiger partial charge in [0.25, 0.3) is 0 Å². The summed E-state index contributed by atoms with van der Waals surface area (Å²) in [4.78, 5) is 14.5. The normalized spacial score (nSPS) is 40.8. The molecule has 1 saturated heterocycles. The van der Waals surface area contributed by atoms with Gasteiger partial charge >= 0.3 is 0 Å². The van der Waals surface area contributed by atoms with Gasteiger partial charge in [0.2, 0.25) is 5.91 Å². The Labute approximate surface area is 110 Å². The van der Waals surface area contributed by atoms with Gasteiger partial charge in [-0.05, 0) is 38.5 Å². The van der Waals surface area contributed by atoms with Crippen LogP contribution < -0.4 is 5.73 Å². The number of hydrogen-bond donors (Lipinski definition) is 1. The maximum Gasteiger partial charge on any atom is 0.226 e. The molecule has 1 heterocycles. The zero-order valence-corrected chi connectivity index (χ0v) is 11.8. The summed E-state index contributed by atoms with van der Waals surface area (Å²) in [5, 5.41) is 0. The topological polar surface area (TPSA) is 55.6 Å². The van der Waals surface area contributed by atoms with Crippen molar-refractivity contribution in [3.05, 3.63) is 0 Å². The standard InChI is InChI=1S/C14H26N2O2/c1-9-8-11(15)4-5-12(9)14(17)16(3)13-6-7-18-10(13)2/h9-13H,4-8,15H2,1-3H3. The van der Waals surface area contributed by atoms with Crippen LogP contribution in [0.15, 0.2) is 0 Å². The summed E-state index contributed by atoms with van der Waals surface area (Å²) in [5.41, 5.74) is 5.96. The highest BCUT2D eigenvalue weighted by molar-refractivity contribution is 5.79. The van der Waals surface area contributed by atoms with Gasteiger partial charge in [-0.3, -0.25) is 4.79 Å². The Morgan fingerprint density at radius 1 is 1.28 bits per heavy atom.